The molecule has 1 aromatic carbocycles. The van der Waals surface area contributed by atoms with E-state index in [1.54, 1.807) is 0 Å². The normalized spacial score (nSPS) is 27.6. The van der Waals surface area contributed by atoms with E-state index in [0.717, 1.165) is 56.6 Å². The molecule has 1 aliphatic heterocycles. The van der Waals surface area contributed by atoms with Crippen molar-refractivity contribution in [3.05, 3.63) is 35.2 Å². The highest BCUT2D eigenvalue weighted by Crippen LogP contribution is 2.44. The second kappa shape index (κ2) is 7.08. The molecule has 140 valence electrons. The minimum atomic E-state index is -0.0873. The summed E-state index contributed by atoms with van der Waals surface area (Å²) < 4.78 is 7.62. The monoisotopic (exact) mass is 355 g/mol. The van der Waals surface area contributed by atoms with Crippen LogP contribution in [0.25, 0.3) is 5.69 Å². The van der Waals surface area contributed by atoms with Crippen molar-refractivity contribution >= 4 is 0 Å². The van der Waals surface area contributed by atoms with Crippen LogP contribution in [0.2, 0.25) is 0 Å². The van der Waals surface area contributed by atoms with Crippen LogP contribution in [-0.2, 0) is 10.3 Å². The van der Waals surface area contributed by atoms with Gasteiger partial charge in [0.1, 0.15) is 0 Å². The van der Waals surface area contributed by atoms with Crippen LogP contribution in [-0.4, -0.2) is 51.4 Å². The van der Waals surface area contributed by atoms with Gasteiger partial charge in [0.25, 0.3) is 0 Å². The van der Waals surface area contributed by atoms with Crippen LogP contribution >= 0.6 is 0 Å². The van der Waals surface area contributed by atoms with Crippen LogP contribution < -0.4 is 0 Å². The van der Waals surface area contributed by atoms with Crippen molar-refractivity contribution in [1.29, 1.82) is 0 Å². The summed E-state index contributed by atoms with van der Waals surface area (Å²) in [5, 5.41) is 13.1. The first-order valence-electron chi connectivity index (χ1n) is 9.80. The van der Waals surface area contributed by atoms with Crippen molar-refractivity contribution < 1.29 is 4.74 Å². The van der Waals surface area contributed by atoms with Gasteiger partial charge >= 0.3 is 0 Å². The minimum Gasteiger partial charge on any atom is -0.379 e. The van der Waals surface area contributed by atoms with Crippen LogP contribution in [0.4, 0.5) is 0 Å². The predicted molar refractivity (Wildman–Crippen MR) is 100 cm³/mol. The molecule has 1 aliphatic carbocycles. The molecule has 4 rings (SSSR count). The lowest BCUT2D eigenvalue weighted by molar-refractivity contribution is -0.0499. The third kappa shape index (κ3) is 2.95. The fourth-order valence-electron chi connectivity index (χ4n) is 4.52. The lowest BCUT2D eigenvalue weighted by Crippen LogP contribution is -2.54. The third-order valence-electron chi connectivity index (χ3n) is 6.41. The maximum Gasteiger partial charge on any atom is 0.176 e. The summed E-state index contributed by atoms with van der Waals surface area (Å²) in [7, 11) is 0. The molecule has 6 heteroatoms. The van der Waals surface area contributed by atoms with Gasteiger partial charge in [-0.05, 0) is 73.1 Å². The van der Waals surface area contributed by atoms with Crippen molar-refractivity contribution in [2.24, 2.45) is 5.92 Å². The predicted octanol–water partition coefficient (Wildman–Crippen LogP) is 3.02. The average molecular weight is 355 g/mol. The summed E-state index contributed by atoms with van der Waals surface area (Å²) in [6.45, 7) is 10.1. The standard InChI is InChI=1S/C20H29N5O/c1-15-7-9-20(10-8-15,24-11-13-26-14-12-24)19-21-22-23-25(19)18-6-4-5-16(2)17(18)3/h4-6,15H,7-14H2,1-3H3. The number of tetrazole rings is 1. The molecule has 6 nitrogen and oxygen atoms in total. The number of hydrogen-bond acceptors (Lipinski definition) is 5. The number of hydrogen-bond donors (Lipinski definition) is 0. The van der Waals surface area contributed by atoms with E-state index in [4.69, 9.17) is 4.74 Å². The number of nitrogens with zero attached hydrogens (tertiary/aromatic N) is 5. The molecule has 0 bridgehead atoms. The highest BCUT2D eigenvalue weighted by molar-refractivity contribution is 5.44. The van der Waals surface area contributed by atoms with Crippen molar-refractivity contribution in [3.8, 4) is 5.69 Å². The molecule has 1 saturated heterocycles. The Balaban J connectivity index is 1.80. The molecule has 0 atom stereocenters. The summed E-state index contributed by atoms with van der Waals surface area (Å²) >= 11 is 0. The van der Waals surface area contributed by atoms with Gasteiger partial charge in [0.15, 0.2) is 5.82 Å². The number of ether oxygens (including phenoxy) is 1. The van der Waals surface area contributed by atoms with Crippen LogP contribution in [0, 0.1) is 19.8 Å². The smallest absolute Gasteiger partial charge is 0.176 e. The van der Waals surface area contributed by atoms with E-state index in [0.29, 0.717) is 0 Å². The summed E-state index contributed by atoms with van der Waals surface area (Å²) in [5.41, 5.74) is 3.51. The average Bonchev–Trinajstić information content (AvgIpc) is 3.16. The van der Waals surface area contributed by atoms with Crippen molar-refractivity contribution in [1.82, 2.24) is 25.1 Å². The van der Waals surface area contributed by atoms with Crippen LogP contribution in [0.1, 0.15) is 49.6 Å². The van der Waals surface area contributed by atoms with Crippen molar-refractivity contribution in [2.45, 2.75) is 52.0 Å². The van der Waals surface area contributed by atoms with Gasteiger partial charge in [-0.15, -0.1) is 5.10 Å². The van der Waals surface area contributed by atoms with Crippen LogP contribution in [0.15, 0.2) is 18.2 Å². The Morgan fingerprint density at radius 2 is 1.85 bits per heavy atom. The molecule has 1 aromatic heterocycles. The Bertz CT molecular complexity index is 757. The molecule has 2 heterocycles. The molecular formula is C20H29N5O. The zero-order valence-electron chi connectivity index (χ0n) is 16.1. The van der Waals surface area contributed by atoms with Gasteiger partial charge in [-0.25, -0.2) is 0 Å². The van der Waals surface area contributed by atoms with Gasteiger partial charge in [-0.3, -0.25) is 4.90 Å². The van der Waals surface area contributed by atoms with E-state index in [2.05, 4.69) is 59.4 Å². The van der Waals surface area contributed by atoms with Gasteiger partial charge in [0.05, 0.1) is 24.4 Å². The molecule has 2 fully saturated rings. The first-order valence-corrected chi connectivity index (χ1v) is 9.80. The third-order valence-corrected chi connectivity index (χ3v) is 6.41. The minimum absolute atomic E-state index is 0.0873. The lowest BCUT2D eigenvalue weighted by atomic mass is 9.75. The number of aromatic nitrogens is 4. The van der Waals surface area contributed by atoms with Crippen molar-refractivity contribution in [2.75, 3.05) is 26.3 Å². The topological polar surface area (TPSA) is 56.1 Å². The molecule has 0 amide bonds. The van der Waals surface area contributed by atoms with Gasteiger partial charge in [0, 0.05) is 13.1 Å². The highest BCUT2D eigenvalue weighted by atomic mass is 16.5. The fraction of sp³-hybridized carbons (Fsp3) is 0.650. The fourth-order valence-corrected chi connectivity index (χ4v) is 4.52. The molecule has 0 N–H and O–H groups in total. The number of morpholine rings is 1. The Morgan fingerprint density at radius 3 is 2.58 bits per heavy atom. The Labute approximate surface area is 155 Å². The Kier molecular flexibility index (Phi) is 4.80. The molecule has 26 heavy (non-hydrogen) atoms. The van der Waals surface area contributed by atoms with E-state index >= 15 is 0 Å². The zero-order chi connectivity index (χ0) is 18.1. The summed E-state index contributed by atoms with van der Waals surface area (Å²) in [6, 6.07) is 6.36. The molecule has 2 aliphatic rings. The molecule has 2 aromatic rings. The second-order valence-electron chi connectivity index (χ2n) is 7.95. The molecule has 0 spiro atoms. The second-order valence-corrected chi connectivity index (χ2v) is 7.95. The Hall–Kier alpha value is -1.79. The molecule has 1 saturated carbocycles. The van der Waals surface area contributed by atoms with Gasteiger partial charge < -0.3 is 4.74 Å². The lowest BCUT2D eigenvalue weighted by Gasteiger charge is -2.47. The van der Waals surface area contributed by atoms with E-state index < -0.39 is 0 Å². The maximum absolute atomic E-state index is 5.62. The van der Waals surface area contributed by atoms with E-state index in [9.17, 15) is 0 Å². The maximum atomic E-state index is 5.62. The van der Waals surface area contributed by atoms with Crippen LogP contribution in [0.3, 0.4) is 0 Å². The SMILES string of the molecule is Cc1cccc(-n2nnnc2C2(N3CCOCC3)CCC(C)CC2)c1C. The zero-order valence-corrected chi connectivity index (χ0v) is 16.1. The largest absolute Gasteiger partial charge is 0.379 e. The summed E-state index contributed by atoms with van der Waals surface area (Å²) in [6.07, 6.45) is 4.66. The van der Waals surface area contributed by atoms with E-state index in [-0.39, 0.29) is 5.54 Å². The summed E-state index contributed by atoms with van der Waals surface area (Å²) in [5.74, 6) is 1.77. The Morgan fingerprint density at radius 1 is 1.12 bits per heavy atom. The van der Waals surface area contributed by atoms with Gasteiger partial charge in [-0.2, -0.15) is 4.68 Å². The van der Waals surface area contributed by atoms with Gasteiger partial charge in [0.2, 0.25) is 0 Å². The summed E-state index contributed by atoms with van der Waals surface area (Å²) in [4.78, 5) is 2.58. The molecular weight excluding hydrogens is 326 g/mol. The van der Waals surface area contributed by atoms with Crippen molar-refractivity contribution in [3.63, 3.8) is 0 Å². The quantitative estimate of drug-likeness (QED) is 0.847. The number of benzene rings is 1. The van der Waals surface area contributed by atoms with E-state index in [1.165, 1.54) is 24.0 Å². The van der Waals surface area contributed by atoms with Crippen LogP contribution in [0.5, 0.6) is 0 Å². The first kappa shape index (κ1) is 17.6. The molecule has 0 unspecified atom stereocenters. The highest BCUT2D eigenvalue weighted by Gasteiger charge is 2.45. The molecule has 0 radical (unpaired) electrons. The number of aryl methyl sites for hydroxylation is 1. The van der Waals surface area contributed by atoms with E-state index in [1.807, 2.05) is 4.68 Å². The van der Waals surface area contributed by atoms with Gasteiger partial charge in [-0.1, -0.05) is 19.1 Å². The number of rotatable bonds is 3. The first-order chi connectivity index (χ1) is 12.6.